The van der Waals surface area contributed by atoms with E-state index < -0.39 is 0 Å². The van der Waals surface area contributed by atoms with Gasteiger partial charge in [0.15, 0.2) is 0 Å². The van der Waals surface area contributed by atoms with E-state index in [2.05, 4.69) is 13.8 Å². The van der Waals surface area contributed by atoms with Gasteiger partial charge in [-0.15, -0.1) is 0 Å². The number of esters is 1. The maximum absolute atomic E-state index is 11.5. The summed E-state index contributed by atoms with van der Waals surface area (Å²) in [5.41, 5.74) is 0.0537. The molecule has 0 aromatic heterocycles. The second-order valence-corrected chi connectivity index (χ2v) is 9.88. The largest absolute Gasteiger partial charge is 0.462 e. The van der Waals surface area contributed by atoms with Crippen molar-refractivity contribution in [3.05, 3.63) is 0 Å². The molecule has 2 N–H and O–H groups in total. The van der Waals surface area contributed by atoms with Crippen LogP contribution in [0.4, 0.5) is 0 Å². The molecule has 4 fully saturated rings. The Balaban J connectivity index is 1.60. The molecule has 25 heavy (non-hydrogen) atoms. The fourth-order valence-corrected chi connectivity index (χ4v) is 7.64. The zero-order valence-electron chi connectivity index (χ0n) is 15.9. The van der Waals surface area contributed by atoms with E-state index in [-0.39, 0.29) is 35.1 Å². The monoisotopic (exact) mass is 350 g/mol. The van der Waals surface area contributed by atoms with Crippen molar-refractivity contribution >= 4 is 5.97 Å². The molecule has 0 bridgehead atoms. The smallest absolute Gasteiger partial charge is 0.302 e. The summed E-state index contributed by atoms with van der Waals surface area (Å²) in [6.07, 6.45) is 7.42. The fourth-order valence-electron chi connectivity index (χ4n) is 7.64. The van der Waals surface area contributed by atoms with E-state index in [9.17, 15) is 15.0 Å². The van der Waals surface area contributed by atoms with Crippen LogP contribution in [0, 0.1) is 34.5 Å². The number of ether oxygens (including phenoxy) is 1. The molecule has 0 radical (unpaired) electrons. The van der Waals surface area contributed by atoms with Crippen LogP contribution in [0.15, 0.2) is 0 Å². The number of carbonyl (C=O) groups is 1. The summed E-state index contributed by atoms with van der Waals surface area (Å²) in [4.78, 5) is 11.5. The van der Waals surface area contributed by atoms with Crippen LogP contribution in [0.25, 0.3) is 0 Å². The molecule has 4 aliphatic rings. The van der Waals surface area contributed by atoms with E-state index in [1.165, 1.54) is 13.3 Å². The van der Waals surface area contributed by atoms with Crippen molar-refractivity contribution in [2.24, 2.45) is 34.5 Å². The summed E-state index contributed by atoms with van der Waals surface area (Å²) in [6, 6.07) is 0. The number of hydrogen-bond donors (Lipinski definition) is 2. The van der Waals surface area contributed by atoms with E-state index >= 15 is 0 Å². The van der Waals surface area contributed by atoms with Gasteiger partial charge in [-0.05, 0) is 80.5 Å². The predicted octanol–water partition coefficient (Wildman–Crippen LogP) is 3.29. The van der Waals surface area contributed by atoms with Crippen LogP contribution < -0.4 is 0 Å². The highest BCUT2D eigenvalue weighted by Gasteiger charge is 2.62. The van der Waals surface area contributed by atoms with Crippen molar-refractivity contribution in [2.75, 3.05) is 0 Å². The topological polar surface area (TPSA) is 66.8 Å². The molecular weight excluding hydrogens is 316 g/mol. The first-order chi connectivity index (χ1) is 11.8. The van der Waals surface area contributed by atoms with Gasteiger partial charge in [0.2, 0.25) is 0 Å². The van der Waals surface area contributed by atoms with Crippen molar-refractivity contribution in [3.8, 4) is 0 Å². The predicted molar refractivity (Wildman–Crippen MR) is 94.7 cm³/mol. The highest BCUT2D eigenvalue weighted by Crippen LogP contribution is 2.66. The van der Waals surface area contributed by atoms with Gasteiger partial charge >= 0.3 is 5.97 Å². The third-order valence-electron chi connectivity index (χ3n) is 8.96. The van der Waals surface area contributed by atoms with Crippen molar-refractivity contribution < 1.29 is 19.7 Å². The van der Waals surface area contributed by atoms with Crippen molar-refractivity contribution in [2.45, 2.75) is 90.4 Å². The Kier molecular flexibility index (Phi) is 4.23. The fraction of sp³-hybridized carbons (Fsp3) is 0.952. The first kappa shape index (κ1) is 17.8. The molecule has 0 spiro atoms. The molecule has 0 heterocycles. The third kappa shape index (κ3) is 2.50. The maximum Gasteiger partial charge on any atom is 0.302 e. The van der Waals surface area contributed by atoms with Crippen molar-refractivity contribution in [1.82, 2.24) is 0 Å². The van der Waals surface area contributed by atoms with Crippen LogP contribution >= 0.6 is 0 Å². The average Bonchev–Trinajstić information content (AvgIpc) is 2.85. The molecule has 4 aliphatic carbocycles. The lowest BCUT2D eigenvalue weighted by molar-refractivity contribution is -0.187. The number of rotatable bonds is 1. The lowest BCUT2D eigenvalue weighted by Crippen LogP contribution is -2.59. The van der Waals surface area contributed by atoms with Crippen molar-refractivity contribution in [3.63, 3.8) is 0 Å². The summed E-state index contributed by atoms with van der Waals surface area (Å²) in [5, 5.41) is 21.0. The molecule has 0 aliphatic heterocycles. The average molecular weight is 350 g/mol. The molecule has 1 unspecified atom stereocenters. The third-order valence-corrected chi connectivity index (χ3v) is 8.96. The minimum atomic E-state index is -0.385. The molecule has 0 amide bonds. The Morgan fingerprint density at radius 2 is 1.76 bits per heavy atom. The van der Waals surface area contributed by atoms with Gasteiger partial charge in [0, 0.05) is 12.3 Å². The summed E-state index contributed by atoms with van der Waals surface area (Å²) >= 11 is 0. The number of aliphatic hydroxyl groups is 2. The molecule has 4 heteroatoms. The molecule has 0 aromatic carbocycles. The second kappa shape index (κ2) is 5.95. The summed E-state index contributed by atoms with van der Waals surface area (Å²) in [5.74, 6) is 2.07. The number of hydrogen-bond acceptors (Lipinski definition) is 4. The molecule has 9 atom stereocenters. The van der Waals surface area contributed by atoms with Crippen LogP contribution in [0.2, 0.25) is 0 Å². The molecule has 0 aromatic rings. The lowest BCUT2D eigenvalue weighted by atomic mass is 9.44. The van der Waals surface area contributed by atoms with Gasteiger partial charge < -0.3 is 14.9 Å². The quantitative estimate of drug-likeness (QED) is 0.712. The second-order valence-electron chi connectivity index (χ2n) is 9.88. The molecule has 4 saturated carbocycles. The first-order valence-corrected chi connectivity index (χ1v) is 10.3. The van der Waals surface area contributed by atoms with E-state index in [0.29, 0.717) is 30.1 Å². The molecule has 4 rings (SSSR count). The highest BCUT2D eigenvalue weighted by molar-refractivity contribution is 5.66. The van der Waals surface area contributed by atoms with Crippen LogP contribution in [0.3, 0.4) is 0 Å². The molecule has 0 saturated heterocycles. The van der Waals surface area contributed by atoms with Gasteiger partial charge in [0.05, 0.1) is 12.2 Å². The lowest BCUT2D eigenvalue weighted by Gasteiger charge is -2.62. The van der Waals surface area contributed by atoms with Gasteiger partial charge in [0.25, 0.3) is 0 Å². The molecular formula is C21H34O4. The van der Waals surface area contributed by atoms with E-state index in [1.807, 2.05) is 0 Å². The Morgan fingerprint density at radius 1 is 1.00 bits per heavy atom. The Bertz CT molecular complexity index is 548. The summed E-state index contributed by atoms with van der Waals surface area (Å²) in [6.45, 7) is 6.16. The standard InChI is InChI=1S/C21H34O4/c1-12(22)25-19-7-6-16-15-5-4-13-10-14(23)11-18(24)21(13,3)17(15)8-9-20(16,19)2/h13-19,23-24H,4-11H2,1-3H3/t13-,14+,15-,16-,17-,18?,19-,20-,21-/m0/s1. The van der Waals surface area contributed by atoms with Crippen LogP contribution in [-0.4, -0.2) is 34.5 Å². The van der Waals surface area contributed by atoms with Gasteiger partial charge in [0.1, 0.15) is 6.10 Å². The molecule has 142 valence electrons. The maximum atomic E-state index is 11.5. The van der Waals surface area contributed by atoms with Gasteiger partial charge in [-0.3, -0.25) is 4.79 Å². The zero-order valence-corrected chi connectivity index (χ0v) is 15.9. The normalized spacial score (nSPS) is 55.0. The minimum absolute atomic E-state index is 0.0526. The van der Waals surface area contributed by atoms with Gasteiger partial charge in [-0.1, -0.05) is 13.8 Å². The zero-order chi connectivity index (χ0) is 18.0. The molecule has 4 nitrogen and oxygen atoms in total. The Labute approximate surface area is 151 Å². The van der Waals surface area contributed by atoms with Gasteiger partial charge in [-0.25, -0.2) is 0 Å². The van der Waals surface area contributed by atoms with E-state index in [1.54, 1.807) is 0 Å². The van der Waals surface area contributed by atoms with Crippen LogP contribution in [0.5, 0.6) is 0 Å². The Hall–Kier alpha value is -0.610. The van der Waals surface area contributed by atoms with Crippen LogP contribution in [0.1, 0.15) is 72.1 Å². The van der Waals surface area contributed by atoms with E-state index in [0.717, 1.165) is 38.5 Å². The summed E-state index contributed by atoms with van der Waals surface area (Å²) < 4.78 is 5.71. The van der Waals surface area contributed by atoms with Crippen LogP contribution in [-0.2, 0) is 9.53 Å². The summed E-state index contributed by atoms with van der Waals surface area (Å²) in [7, 11) is 0. The Morgan fingerprint density at radius 3 is 2.48 bits per heavy atom. The number of fused-ring (bicyclic) bond motifs is 5. The minimum Gasteiger partial charge on any atom is -0.462 e. The first-order valence-electron chi connectivity index (χ1n) is 10.3. The van der Waals surface area contributed by atoms with Gasteiger partial charge in [-0.2, -0.15) is 0 Å². The van der Waals surface area contributed by atoms with Crippen molar-refractivity contribution in [1.29, 1.82) is 0 Å². The highest BCUT2D eigenvalue weighted by atomic mass is 16.5. The van der Waals surface area contributed by atoms with E-state index in [4.69, 9.17) is 4.74 Å². The number of carbonyl (C=O) groups excluding carboxylic acids is 1. The SMILES string of the molecule is CC(=O)O[C@H]1CC[C@H]2[C@@H]3CC[C@H]4C[C@@H](O)CC(O)[C@]4(C)[C@H]3CC[C@]12C. The number of aliphatic hydroxyl groups excluding tert-OH is 2.